The van der Waals surface area contributed by atoms with Gasteiger partial charge in [0.1, 0.15) is 0 Å². The Hall–Kier alpha value is -3.74. The molecule has 1 heterocycles. The number of ether oxygens (including phenoxy) is 1. The third kappa shape index (κ3) is 3.86. The Labute approximate surface area is 179 Å². The summed E-state index contributed by atoms with van der Waals surface area (Å²) in [5.74, 6) is -1.75. The number of rotatable bonds is 4. The molecule has 158 valence electrons. The molecule has 7 nitrogen and oxygen atoms in total. The largest absolute Gasteiger partial charge is 0.465 e. The first-order valence-corrected chi connectivity index (χ1v) is 10.0. The van der Waals surface area contributed by atoms with Gasteiger partial charge in [0.15, 0.2) is 0 Å². The maximum atomic E-state index is 12.8. The third-order valence-corrected chi connectivity index (χ3v) is 5.77. The van der Waals surface area contributed by atoms with Crippen LogP contribution in [0, 0.1) is 11.8 Å². The molecule has 3 amide bonds. The van der Waals surface area contributed by atoms with Gasteiger partial charge in [-0.25, -0.2) is 4.79 Å². The van der Waals surface area contributed by atoms with Crippen LogP contribution in [0.15, 0.2) is 60.2 Å². The van der Waals surface area contributed by atoms with Gasteiger partial charge >= 0.3 is 5.97 Å². The maximum absolute atomic E-state index is 12.8. The average molecular weight is 418 g/mol. The van der Waals surface area contributed by atoms with Gasteiger partial charge in [0.05, 0.1) is 30.2 Å². The van der Waals surface area contributed by atoms with Gasteiger partial charge in [-0.15, -0.1) is 0 Å². The highest BCUT2D eigenvalue weighted by Crippen LogP contribution is 2.39. The van der Waals surface area contributed by atoms with Crippen molar-refractivity contribution in [3.05, 3.63) is 71.3 Å². The fraction of sp³-hybridized carbons (Fsp3) is 0.250. The van der Waals surface area contributed by atoms with E-state index >= 15 is 0 Å². The molecule has 1 aliphatic heterocycles. The van der Waals surface area contributed by atoms with Crippen LogP contribution in [0.5, 0.6) is 0 Å². The minimum Gasteiger partial charge on any atom is -0.465 e. The molecule has 2 aliphatic rings. The summed E-state index contributed by atoms with van der Waals surface area (Å²) in [4.78, 5) is 50.9. The van der Waals surface area contributed by atoms with Crippen LogP contribution in [-0.2, 0) is 14.3 Å². The molecule has 2 atom stereocenters. The lowest BCUT2D eigenvalue weighted by atomic mass is 9.82. The number of carbonyl (C=O) groups excluding carboxylic acids is 4. The van der Waals surface area contributed by atoms with Crippen molar-refractivity contribution < 1.29 is 23.9 Å². The number of nitrogens with one attached hydrogen (secondary N) is 1. The Morgan fingerprint density at radius 1 is 0.935 bits per heavy atom. The molecule has 1 saturated heterocycles. The lowest BCUT2D eigenvalue weighted by Crippen LogP contribution is -2.30. The predicted molar refractivity (Wildman–Crippen MR) is 115 cm³/mol. The van der Waals surface area contributed by atoms with Gasteiger partial charge in [-0.2, -0.15) is 0 Å². The molecule has 0 bridgehead atoms. The standard InChI is InChI=1S/C24H22N2O5/c1-14-3-12-19-20(13-14)23(29)26(22(19)28)18-10-6-15(7-11-18)21(27)25-17-8-4-16(5-9-17)24(30)31-2/h3-11,19-20H,12-13H2,1-2H3,(H,25,27)/t19-,20+/m0/s1. The van der Waals surface area contributed by atoms with Crippen LogP contribution in [-0.4, -0.2) is 30.8 Å². The number of amides is 3. The highest BCUT2D eigenvalue weighted by atomic mass is 16.5. The number of carbonyl (C=O) groups is 4. The number of methoxy groups -OCH3 is 1. The Morgan fingerprint density at radius 2 is 1.55 bits per heavy atom. The predicted octanol–water partition coefficient (Wildman–Crippen LogP) is 3.57. The number of hydrogen-bond acceptors (Lipinski definition) is 5. The van der Waals surface area contributed by atoms with E-state index < -0.39 is 5.97 Å². The second kappa shape index (κ2) is 8.18. The molecule has 0 aromatic heterocycles. The SMILES string of the molecule is COC(=O)c1ccc(NC(=O)c2ccc(N3C(=O)[C@H]4CC=C(C)C[C@H]4C3=O)cc2)cc1. The van der Waals surface area contributed by atoms with Gasteiger partial charge in [-0.3, -0.25) is 19.3 Å². The van der Waals surface area contributed by atoms with Crippen molar-refractivity contribution in [1.29, 1.82) is 0 Å². The molecule has 0 unspecified atom stereocenters. The first kappa shape index (κ1) is 20.5. The summed E-state index contributed by atoms with van der Waals surface area (Å²) in [6, 6.07) is 12.7. The molecule has 0 spiro atoms. The zero-order valence-electron chi connectivity index (χ0n) is 17.3. The van der Waals surface area contributed by atoms with Gasteiger partial charge in [-0.05, 0) is 68.3 Å². The second-order valence-corrected chi connectivity index (χ2v) is 7.79. The zero-order valence-corrected chi connectivity index (χ0v) is 17.3. The van der Waals surface area contributed by atoms with Gasteiger partial charge in [0, 0.05) is 11.3 Å². The van der Waals surface area contributed by atoms with Crippen molar-refractivity contribution in [3.63, 3.8) is 0 Å². The Morgan fingerprint density at radius 3 is 2.19 bits per heavy atom. The lowest BCUT2D eigenvalue weighted by Gasteiger charge is -2.18. The van der Waals surface area contributed by atoms with Crippen LogP contribution >= 0.6 is 0 Å². The molecular weight excluding hydrogens is 396 g/mol. The van der Waals surface area contributed by atoms with E-state index in [0.29, 0.717) is 35.3 Å². The molecule has 1 N–H and O–H groups in total. The number of benzene rings is 2. The Balaban J connectivity index is 1.46. The van der Waals surface area contributed by atoms with Gasteiger partial charge in [0.25, 0.3) is 5.91 Å². The van der Waals surface area contributed by atoms with Crippen molar-refractivity contribution in [2.45, 2.75) is 19.8 Å². The van der Waals surface area contributed by atoms with E-state index in [0.717, 1.165) is 5.57 Å². The fourth-order valence-electron chi connectivity index (χ4n) is 4.06. The zero-order chi connectivity index (χ0) is 22.1. The van der Waals surface area contributed by atoms with E-state index in [1.165, 1.54) is 12.0 Å². The van der Waals surface area contributed by atoms with Crippen LogP contribution in [0.1, 0.15) is 40.5 Å². The first-order chi connectivity index (χ1) is 14.9. The highest BCUT2D eigenvalue weighted by molar-refractivity contribution is 6.22. The van der Waals surface area contributed by atoms with Gasteiger partial charge in [0.2, 0.25) is 11.8 Å². The summed E-state index contributed by atoms with van der Waals surface area (Å²) in [5, 5.41) is 2.75. The Kier molecular flexibility index (Phi) is 5.42. The number of esters is 1. The smallest absolute Gasteiger partial charge is 0.337 e. The summed E-state index contributed by atoms with van der Waals surface area (Å²) in [6.45, 7) is 1.98. The van der Waals surface area contributed by atoms with Crippen LogP contribution in [0.2, 0.25) is 0 Å². The third-order valence-electron chi connectivity index (χ3n) is 5.77. The van der Waals surface area contributed by atoms with Crippen LogP contribution in [0.4, 0.5) is 11.4 Å². The first-order valence-electron chi connectivity index (χ1n) is 10.0. The molecule has 7 heteroatoms. The second-order valence-electron chi connectivity index (χ2n) is 7.79. The molecule has 4 rings (SSSR count). The van der Waals surface area contributed by atoms with Crippen molar-refractivity contribution in [3.8, 4) is 0 Å². The van der Waals surface area contributed by atoms with E-state index in [1.54, 1.807) is 48.5 Å². The molecule has 0 saturated carbocycles. The van der Waals surface area contributed by atoms with E-state index in [4.69, 9.17) is 0 Å². The molecule has 2 aromatic carbocycles. The number of hydrogen-bond donors (Lipinski definition) is 1. The highest BCUT2D eigenvalue weighted by Gasteiger charge is 2.48. The van der Waals surface area contributed by atoms with E-state index in [9.17, 15) is 19.2 Å². The molecule has 1 aliphatic carbocycles. The van der Waals surface area contributed by atoms with Crippen molar-refractivity contribution in [2.24, 2.45) is 11.8 Å². The molecular formula is C24H22N2O5. The topological polar surface area (TPSA) is 92.8 Å². The molecule has 2 aromatic rings. The number of imide groups is 1. The number of nitrogens with zero attached hydrogens (tertiary/aromatic N) is 1. The minimum atomic E-state index is -0.453. The molecule has 0 radical (unpaired) electrons. The summed E-state index contributed by atoms with van der Waals surface area (Å²) >= 11 is 0. The Bertz CT molecular complexity index is 1090. The number of allylic oxidation sites excluding steroid dienone is 2. The number of fused-ring (bicyclic) bond motifs is 1. The van der Waals surface area contributed by atoms with Crippen molar-refractivity contribution in [2.75, 3.05) is 17.3 Å². The summed E-state index contributed by atoms with van der Waals surface area (Å²) in [6.07, 6.45) is 3.23. The monoisotopic (exact) mass is 418 g/mol. The van der Waals surface area contributed by atoms with E-state index in [-0.39, 0.29) is 29.6 Å². The van der Waals surface area contributed by atoms with Crippen molar-refractivity contribution >= 4 is 35.1 Å². The lowest BCUT2D eigenvalue weighted by molar-refractivity contribution is -0.122. The van der Waals surface area contributed by atoms with Crippen molar-refractivity contribution in [1.82, 2.24) is 0 Å². The average Bonchev–Trinajstić information content (AvgIpc) is 3.03. The molecule has 31 heavy (non-hydrogen) atoms. The summed E-state index contributed by atoms with van der Waals surface area (Å²) in [5.41, 5.74) is 2.90. The fourth-order valence-corrected chi connectivity index (χ4v) is 4.06. The maximum Gasteiger partial charge on any atom is 0.337 e. The van der Waals surface area contributed by atoms with E-state index in [1.807, 2.05) is 13.0 Å². The minimum absolute atomic E-state index is 0.176. The summed E-state index contributed by atoms with van der Waals surface area (Å²) < 4.78 is 4.65. The van der Waals surface area contributed by atoms with E-state index in [2.05, 4.69) is 10.1 Å². The number of anilines is 2. The summed E-state index contributed by atoms with van der Waals surface area (Å²) in [7, 11) is 1.30. The molecule has 1 fully saturated rings. The van der Waals surface area contributed by atoms with Crippen LogP contribution in [0.25, 0.3) is 0 Å². The van der Waals surface area contributed by atoms with Crippen LogP contribution in [0.3, 0.4) is 0 Å². The normalized spacial score (nSPS) is 20.2. The van der Waals surface area contributed by atoms with Crippen LogP contribution < -0.4 is 10.2 Å². The van der Waals surface area contributed by atoms with Gasteiger partial charge < -0.3 is 10.1 Å². The quantitative estimate of drug-likeness (QED) is 0.466. The van der Waals surface area contributed by atoms with Gasteiger partial charge in [-0.1, -0.05) is 11.6 Å².